The van der Waals surface area contributed by atoms with Crippen LogP contribution in [-0.4, -0.2) is 49.7 Å². The molecule has 0 bridgehead atoms. The minimum atomic E-state index is -0.0450. The molecule has 1 heterocycles. The van der Waals surface area contributed by atoms with E-state index in [2.05, 4.69) is 24.1 Å². The minimum Gasteiger partial charge on any atom is -0.497 e. The van der Waals surface area contributed by atoms with Crippen LogP contribution in [0.1, 0.15) is 49.9 Å². The van der Waals surface area contributed by atoms with Crippen LogP contribution in [0.25, 0.3) is 0 Å². The van der Waals surface area contributed by atoms with Gasteiger partial charge in [0.15, 0.2) is 0 Å². The van der Waals surface area contributed by atoms with Crippen LogP contribution in [0.2, 0.25) is 0 Å². The number of carbonyl (C=O) groups excluding carboxylic acids is 1. The van der Waals surface area contributed by atoms with E-state index in [9.17, 15) is 4.79 Å². The quantitative estimate of drug-likeness (QED) is 0.824. The molecule has 0 aromatic heterocycles. The summed E-state index contributed by atoms with van der Waals surface area (Å²) >= 11 is 0. The highest BCUT2D eigenvalue weighted by Gasteiger charge is 2.25. The van der Waals surface area contributed by atoms with Crippen LogP contribution in [-0.2, 0) is 0 Å². The van der Waals surface area contributed by atoms with Gasteiger partial charge in [-0.15, -0.1) is 0 Å². The van der Waals surface area contributed by atoms with Gasteiger partial charge < -0.3 is 19.7 Å². The number of benzene rings is 1. The van der Waals surface area contributed by atoms with Crippen molar-refractivity contribution in [2.75, 3.05) is 26.8 Å². The van der Waals surface area contributed by atoms with Crippen LogP contribution >= 0.6 is 0 Å². The van der Waals surface area contributed by atoms with Crippen molar-refractivity contribution >= 4 is 5.91 Å². The maximum atomic E-state index is 12.8. The molecule has 0 radical (unpaired) electrons. The van der Waals surface area contributed by atoms with Crippen molar-refractivity contribution in [3.05, 3.63) is 23.8 Å². The van der Waals surface area contributed by atoms with E-state index in [0.717, 1.165) is 25.9 Å². The summed E-state index contributed by atoms with van der Waals surface area (Å²) in [6.45, 7) is 7.20. The fourth-order valence-electron chi connectivity index (χ4n) is 3.25. The Morgan fingerprint density at radius 3 is 2.56 bits per heavy atom. The van der Waals surface area contributed by atoms with Gasteiger partial charge in [-0.25, -0.2) is 0 Å². The zero-order chi connectivity index (χ0) is 17.8. The number of nitrogens with one attached hydrogen (secondary N) is 1. The summed E-state index contributed by atoms with van der Waals surface area (Å²) in [5, 5.41) is 3.19. The second-order valence-electron chi connectivity index (χ2n) is 7.49. The zero-order valence-electron chi connectivity index (χ0n) is 15.6. The Bertz CT molecular complexity index is 591. The molecule has 5 heteroatoms. The van der Waals surface area contributed by atoms with Crippen LogP contribution in [0.5, 0.6) is 11.5 Å². The highest BCUT2D eigenvalue weighted by atomic mass is 16.5. The van der Waals surface area contributed by atoms with Gasteiger partial charge in [0.2, 0.25) is 0 Å². The van der Waals surface area contributed by atoms with E-state index in [1.807, 2.05) is 12.1 Å². The molecule has 5 nitrogen and oxygen atoms in total. The lowest BCUT2D eigenvalue weighted by Gasteiger charge is -2.34. The lowest BCUT2D eigenvalue weighted by Crippen LogP contribution is -2.46. The second-order valence-corrected chi connectivity index (χ2v) is 7.49. The van der Waals surface area contributed by atoms with Gasteiger partial charge in [0.05, 0.1) is 19.3 Å². The number of amides is 1. The maximum absolute atomic E-state index is 12.8. The Labute approximate surface area is 150 Å². The van der Waals surface area contributed by atoms with Crippen molar-refractivity contribution < 1.29 is 14.3 Å². The van der Waals surface area contributed by atoms with E-state index in [-0.39, 0.29) is 11.9 Å². The monoisotopic (exact) mass is 346 g/mol. The summed E-state index contributed by atoms with van der Waals surface area (Å²) in [7, 11) is 1.63. The van der Waals surface area contributed by atoms with Crippen molar-refractivity contribution in [2.24, 2.45) is 5.92 Å². The second kappa shape index (κ2) is 8.09. The number of piperidine rings is 1. The first kappa shape index (κ1) is 18.1. The topological polar surface area (TPSA) is 50.8 Å². The Hall–Kier alpha value is -1.75. The first-order chi connectivity index (χ1) is 12.1. The molecule has 0 atom stereocenters. The molecule has 1 saturated carbocycles. The van der Waals surface area contributed by atoms with E-state index in [0.29, 0.717) is 35.6 Å². The average Bonchev–Trinajstić information content (AvgIpc) is 3.44. The van der Waals surface area contributed by atoms with Gasteiger partial charge in [-0.2, -0.15) is 0 Å². The Morgan fingerprint density at radius 1 is 1.24 bits per heavy atom. The zero-order valence-corrected chi connectivity index (χ0v) is 15.6. The summed E-state index contributed by atoms with van der Waals surface area (Å²) in [4.78, 5) is 15.2. The Morgan fingerprint density at radius 2 is 1.96 bits per heavy atom. The summed E-state index contributed by atoms with van der Waals surface area (Å²) in [6, 6.07) is 6.25. The number of hydrogen-bond acceptors (Lipinski definition) is 4. The predicted molar refractivity (Wildman–Crippen MR) is 98.4 cm³/mol. The van der Waals surface area contributed by atoms with Crippen LogP contribution in [0.15, 0.2) is 18.2 Å². The Balaban J connectivity index is 1.62. The summed E-state index contributed by atoms with van der Waals surface area (Å²) < 4.78 is 11.2. The highest BCUT2D eigenvalue weighted by Crippen LogP contribution is 2.32. The average molecular weight is 346 g/mol. The van der Waals surface area contributed by atoms with Crippen molar-refractivity contribution in [2.45, 2.75) is 51.6 Å². The van der Waals surface area contributed by atoms with Crippen LogP contribution in [0.3, 0.4) is 0 Å². The van der Waals surface area contributed by atoms with Gasteiger partial charge in [-0.1, -0.05) is 0 Å². The van der Waals surface area contributed by atoms with E-state index in [1.54, 1.807) is 13.2 Å². The highest BCUT2D eigenvalue weighted by molar-refractivity contribution is 5.97. The van der Waals surface area contributed by atoms with Gasteiger partial charge in [-0.3, -0.25) is 4.79 Å². The fraction of sp³-hybridized carbons (Fsp3) is 0.650. The number of rotatable bonds is 7. The van der Waals surface area contributed by atoms with Gasteiger partial charge in [0, 0.05) is 31.2 Å². The van der Waals surface area contributed by atoms with Crippen molar-refractivity contribution in [3.8, 4) is 11.5 Å². The molecule has 1 aliphatic carbocycles. The molecule has 138 valence electrons. The molecule has 1 amide bonds. The Kier molecular flexibility index (Phi) is 5.84. The van der Waals surface area contributed by atoms with E-state index >= 15 is 0 Å². The molecule has 1 aromatic carbocycles. The number of ether oxygens (including phenoxy) is 2. The molecule has 1 N–H and O–H groups in total. The van der Waals surface area contributed by atoms with Crippen LogP contribution < -0.4 is 14.8 Å². The number of methoxy groups -OCH3 is 1. The van der Waals surface area contributed by atoms with E-state index in [4.69, 9.17) is 9.47 Å². The molecular formula is C20H30N2O3. The molecule has 1 aliphatic heterocycles. The number of carbonyl (C=O) groups is 1. The maximum Gasteiger partial charge on any atom is 0.255 e. The first-order valence-corrected chi connectivity index (χ1v) is 9.42. The number of likely N-dealkylation sites (tertiary alicyclic amines) is 1. The summed E-state index contributed by atoms with van der Waals surface area (Å²) in [5.74, 6) is 1.94. The first-order valence-electron chi connectivity index (χ1n) is 9.42. The van der Waals surface area contributed by atoms with Crippen molar-refractivity contribution in [1.29, 1.82) is 0 Å². The van der Waals surface area contributed by atoms with Crippen molar-refractivity contribution in [1.82, 2.24) is 10.2 Å². The molecule has 25 heavy (non-hydrogen) atoms. The molecular weight excluding hydrogens is 316 g/mol. The van der Waals surface area contributed by atoms with Gasteiger partial charge in [0.1, 0.15) is 11.5 Å². The third-order valence-electron chi connectivity index (χ3n) is 5.20. The van der Waals surface area contributed by atoms with Crippen LogP contribution in [0.4, 0.5) is 0 Å². The predicted octanol–water partition coefficient (Wildman–Crippen LogP) is 3.09. The standard InChI is InChI=1S/C20H30N2O3/c1-14(2)22-10-8-16(9-11-22)21-20(23)18-7-6-17(24-3)12-19(18)25-13-15-4-5-15/h6-7,12,14-16H,4-5,8-11,13H2,1-3H3,(H,21,23). The molecule has 0 unspecified atom stereocenters. The summed E-state index contributed by atoms with van der Waals surface area (Å²) in [6.07, 6.45) is 4.44. The normalized spacial score (nSPS) is 19.0. The van der Waals surface area contributed by atoms with E-state index in [1.165, 1.54) is 12.8 Å². The fourth-order valence-corrected chi connectivity index (χ4v) is 3.25. The molecule has 3 rings (SSSR count). The lowest BCUT2D eigenvalue weighted by molar-refractivity contribution is 0.0896. The molecule has 0 spiro atoms. The van der Waals surface area contributed by atoms with Gasteiger partial charge in [-0.05, 0) is 57.6 Å². The minimum absolute atomic E-state index is 0.0450. The van der Waals surface area contributed by atoms with Gasteiger partial charge >= 0.3 is 0 Å². The van der Waals surface area contributed by atoms with E-state index < -0.39 is 0 Å². The lowest BCUT2D eigenvalue weighted by atomic mass is 10.0. The third-order valence-corrected chi connectivity index (χ3v) is 5.20. The van der Waals surface area contributed by atoms with Crippen molar-refractivity contribution in [3.63, 3.8) is 0 Å². The molecule has 2 aliphatic rings. The summed E-state index contributed by atoms with van der Waals surface area (Å²) in [5.41, 5.74) is 0.604. The molecule has 2 fully saturated rings. The van der Waals surface area contributed by atoms with Crippen LogP contribution in [0, 0.1) is 5.92 Å². The third kappa shape index (κ3) is 4.88. The largest absolute Gasteiger partial charge is 0.497 e. The smallest absolute Gasteiger partial charge is 0.255 e. The molecule has 1 aromatic rings. The molecule has 1 saturated heterocycles. The van der Waals surface area contributed by atoms with Gasteiger partial charge in [0.25, 0.3) is 5.91 Å². The number of nitrogens with zero attached hydrogens (tertiary/aromatic N) is 1. The SMILES string of the molecule is COc1ccc(C(=O)NC2CCN(C(C)C)CC2)c(OCC2CC2)c1. The number of hydrogen-bond donors (Lipinski definition) is 1.